The van der Waals surface area contributed by atoms with Crippen LogP contribution in [-0.4, -0.2) is 37.7 Å². The van der Waals surface area contributed by atoms with E-state index in [1.54, 1.807) is 6.26 Å². The molecule has 104 valence electrons. The molecule has 0 radical (unpaired) electrons. The minimum Gasteiger partial charge on any atom is -0.467 e. The van der Waals surface area contributed by atoms with Gasteiger partial charge in [0, 0.05) is 17.6 Å². The minimum absolute atomic E-state index is 0.0361. The third-order valence-corrected chi connectivity index (χ3v) is 3.30. The maximum Gasteiger partial charge on any atom is 0.133 e. The molecular formula is C14H26N2O2. The molecule has 0 fully saturated rings. The molecule has 0 amide bonds. The summed E-state index contributed by atoms with van der Waals surface area (Å²) < 4.78 is 11.2. The largest absolute Gasteiger partial charge is 0.467 e. The van der Waals surface area contributed by atoms with E-state index >= 15 is 0 Å². The van der Waals surface area contributed by atoms with E-state index in [9.17, 15) is 0 Å². The van der Waals surface area contributed by atoms with E-state index in [2.05, 4.69) is 45.1 Å². The first-order valence-corrected chi connectivity index (χ1v) is 6.48. The number of furan rings is 1. The molecule has 1 N–H and O–H groups in total. The SMILES string of the molecule is CCNCc1ccoc1COCC(C)(C)N(C)C. The molecule has 0 saturated heterocycles. The Labute approximate surface area is 110 Å². The topological polar surface area (TPSA) is 37.6 Å². The van der Waals surface area contributed by atoms with Crippen molar-refractivity contribution in [3.8, 4) is 0 Å². The molecular weight excluding hydrogens is 228 g/mol. The molecule has 4 nitrogen and oxygen atoms in total. The average Bonchev–Trinajstić information content (AvgIpc) is 2.73. The summed E-state index contributed by atoms with van der Waals surface area (Å²) in [5, 5.41) is 3.29. The van der Waals surface area contributed by atoms with Gasteiger partial charge in [-0.05, 0) is 40.6 Å². The van der Waals surface area contributed by atoms with Gasteiger partial charge in [-0.2, -0.15) is 0 Å². The highest BCUT2D eigenvalue weighted by Crippen LogP contribution is 2.15. The van der Waals surface area contributed by atoms with Gasteiger partial charge in [-0.25, -0.2) is 0 Å². The van der Waals surface area contributed by atoms with Crippen LogP contribution in [0.4, 0.5) is 0 Å². The molecule has 0 aliphatic heterocycles. The van der Waals surface area contributed by atoms with Crippen molar-refractivity contribution in [2.75, 3.05) is 27.2 Å². The molecule has 4 heteroatoms. The zero-order valence-electron chi connectivity index (χ0n) is 12.2. The number of ether oxygens (including phenoxy) is 1. The normalized spacial score (nSPS) is 12.3. The summed E-state index contributed by atoms with van der Waals surface area (Å²) in [7, 11) is 4.12. The first kappa shape index (κ1) is 15.2. The van der Waals surface area contributed by atoms with Gasteiger partial charge in [0.15, 0.2) is 0 Å². The van der Waals surface area contributed by atoms with Crippen LogP contribution in [0.5, 0.6) is 0 Å². The van der Waals surface area contributed by atoms with E-state index in [4.69, 9.17) is 9.15 Å². The van der Waals surface area contributed by atoms with Gasteiger partial charge in [-0.1, -0.05) is 6.92 Å². The molecule has 1 heterocycles. The van der Waals surface area contributed by atoms with Crippen molar-refractivity contribution in [3.05, 3.63) is 23.7 Å². The Morgan fingerprint density at radius 3 is 2.72 bits per heavy atom. The van der Waals surface area contributed by atoms with Crippen LogP contribution in [0.15, 0.2) is 16.7 Å². The highest BCUT2D eigenvalue weighted by Gasteiger charge is 2.20. The zero-order valence-corrected chi connectivity index (χ0v) is 12.2. The molecule has 18 heavy (non-hydrogen) atoms. The quantitative estimate of drug-likeness (QED) is 0.772. The Morgan fingerprint density at radius 2 is 2.11 bits per heavy atom. The Hall–Kier alpha value is -0.840. The molecule has 0 aliphatic carbocycles. The van der Waals surface area contributed by atoms with Crippen LogP contribution < -0.4 is 5.32 Å². The van der Waals surface area contributed by atoms with Crippen LogP contribution in [0.2, 0.25) is 0 Å². The third kappa shape index (κ3) is 4.44. The molecule has 0 aliphatic rings. The van der Waals surface area contributed by atoms with Crippen molar-refractivity contribution in [2.24, 2.45) is 0 Å². The Morgan fingerprint density at radius 1 is 1.39 bits per heavy atom. The van der Waals surface area contributed by atoms with Gasteiger partial charge in [-0.15, -0.1) is 0 Å². The molecule has 0 unspecified atom stereocenters. The van der Waals surface area contributed by atoms with E-state index in [0.717, 1.165) is 18.8 Å². The van der Waals surface area contributed by atoms with Gasteiger partial charge in [-0.3, -0.25) is 0 Å². The fourth-order valence-corrected chi connectivity index (χ4v) is 1.43. The lowest BCUT2D eigenvalue weighted by Crippen LogP contribution is -2.42. The Bertz CT molecular complexity index is 345. The van der Waals surface area contributed by atoms with Crippen molar-refractivity contribution < 1.29 is 9.15 Å². The highest BCUT2D eigenvalue weighted by molar-refractivity contribution is 5.16. The number of likely N-dealkylation sites (N-methyl/N-ethyl adjacent to an activating group) is 1. The first-order chi connectivity index (χ1) is 8.47. The molecule has 1 aromatic rings. The minimum atomic E-state index is 0.0361. The van der Waals surface area contributed by atoms with Gasteiger partial charge in [0.05, 0.1) is 12.9 Å². The van der Waals surface area contributed by atoms with Crippen LogP contribution in [-0.2, 0) is 17.9 Å². The van der Waals surface area contributed by atoms with Crippen molar-refractivity contribution in [2.45, 2.75) is 39.5 Å². The fourth-order valence-electron chi connectivity index (χ4n) is 1.43. The summed E-state index contributed by atoms with van der Waals surface area (Å²) in [6.45, 7) is 9.42. The maximum absolute atomic E-state index is 5.76. The van der Waals surface area contributed by atoms with Gasteiger partial charge < -0.3 is 19.4 Å². The van der Waals surface area contributed by atoms with Crippen LogP contribution in [0, 0.1) is 0 Å². The fraction of sp³-hybridized carbons (Fsp3) is 0.714. The van der Waals surface area contributed by atoms with Crippen LogP contribution >= 0.6 is 0 Å². The third-order valence-electron chi connectivity index (χ3n) is 3.30. The molecule has 0 bridgehead atoms. The second kappa shape index (κ2) is 6.92. The lowest BCUT2D eigenvalue weighted by Gasteiger charge is -2.32. The second-order valence-electron chi connectivity index (χ2n) is 5.35. The molecule has 1 rings (SSSR count). The maximum atomic E-state index is 5.76. The highest BCUT2D eigenvalue weighted by atomic mass is 16.5. The average molecular weight is 254 g/mol. The zero-order chi connectivity index (χ0) is 13.6. The van der Waals surface area contributed by atoms with Crippen molar-refractivity contribution >= 4 is 0 Å². The first-order valence-electron chi connectivity index (χ1n) is 6.48. The van der Waals surface area contributed by atoms with Gasteiger partial charge in [0.25, 0.3) is 0 Å². The second-order valence-corrected chi connectivity index (χ2v) is 5.35. The smallest absolute Gasteiger partial charge is 0.133 e. The number of hydrogen-bond donors (Lipinski definition) is 1. The van der Waals surface area contributed by atoms with Crippen molar-refractivity contribution in [1.82, 2.24) is 10.2 Å². The van der Waals surface area contributed by atoms with E-state index in [-0.39, 0.29) is 5.54 Å². The predicted molar refractivity (Wildman–Crippen MR) is 73.5 cm³/mol. The van der Waals surface area contributed by atoms with Crippen molar-refractivity contribution in [3.63, 3.8) is 0 Å². The van der Waals surface area contributed by atoms with Gasteiger partial charge in [0.2, 0.25) is 0 Å². The number of hydrogen-bond acceptors (Lipinski definition) is 4. The molecule has 0 spiro atoms. The monoisotopic (exact) mass is 254 g/mol. The lowest BCUT2D eigenvalue weighted by atomic mass is 10.1. The van der Waals surface area contributed by atoms with E-state index in [1.807, 2.05) is 6.07 Å². The van der Waals surface area contributed by atoms with Crippen LogP contribution in [0.3, 0.4) is 0 Å². The summed E-state index contributed by atoms with van der Waals surface area (Å²) >= 11 is 0. The molecule has 0 saturated carbocycles. The Kier molecular flexibility index (Phi) is 5.85. The molecule has 1 aromatic heterocycles. The lowest BCUT2D eigenvalue weighted by molar-refractivity contribution is 0.0205. The summed E-state index contributed by atoms with van der Waals surface area (Å²) in [6, 6.07) is 2.00. The summed E-state index contributed by atoms with van der Waals surface area (Å²) in [4.78, 5) is 2.16. The summed E-state index contributed by atoms with van der Waals surface area (Å²) in [5.41, 5.74) is 1.22. The van der Waals surface area contributed by atoms with Gasteiger partial charge in [0.1, 0.15) is 12.4 Å². The Balaban J connectivity index is 2.42. The van der Waals surface area contributed by atoms with E-state index < -0.39 is 0 Å². The van der Waals surface area contributed by atoms with E-state index in [1.165, 1.54) is 5.56 Å². The molecule has 0 aromatic carbocycles. The standard InChI is InChI=1S/C14H26N2O2/c1-6-15-9-12-7-8-18-13(12)10-17-11-14(2,3)16(4)5/h7-8,15H,6,9-11H2,1-5H3. The molecule has 0 atom stereocenters. The van der Waals surface area contributed by atoms with Crippen molar-refractivity contribution in [1.29, 1.82) is 0 Å². The number of nitrogens with one attached hydrogen (secondary N) is 1. The number of rotatable bonds is 8. The number of nitrogens with zero attached hydrogens (tertiary/aromatic N) is 1. The summed E-state index contributed by atoms with van der Waals surface area (Å²) in [6.07, 6.45) is 1.72. The van der Waals surface area contributed by atoms with Gasteiger partial charge >= 0.3 is 0 Å². The van der Waals surface area contributed by atoms with Crippen LogP contribution in [0.25, 0.3) is 0 Å². The summed E-state index contributed by atoms with van der Waals surface area (Å²) in [5.74, 6) is 0.922. The van der Waals surface area contributed by atoms with Crippen LogP contribution in [0.1, 0.15) is 32.1 Å². The van der Waals surface area contributed by atoms with E-state index in [0.29, 0.717) is 13.2 Å². The predicted octanol–water partition coefficient (Wildman–Crippen LogP) is 2.25.